The molecule has 2 aromatic carbocycles. The lowest BCUT2D eigenvalue weighted by molar-refractivity contribution is -0.126. The van der Waals surface area contributed by atoms with Gasteiger partial charge in [0.05, 0.1) is 34.4 Å². The largest absolute Gasteiger partial charge is 0.512 e. The van der Waals surface area contributed by atoms with Crippen molar-refractivity contribution in [2.45, 2.75) is 27.2 Å². The fourth-order valence-corrected chi connectivity index (χ4v) is 6.26. The predicted molar refractivity (Wildman–Crippen MR) is 165 cm³/mol. The third-order valence-corrected chi connectivity index (χ3v) is 8.78. The van der Waals surface area contributed by atoms with Crippen LogP contribution < -0.4 is 15.0 Å². The number of amides is 1. The van der Waals surface area contributed by atoms with Gasteiger partial charge in [-0.2, -0.15) is 5.10 Å². The van der Waals surface area contributed by atoms with Crippen LogP contribution in [0.3, 0.4) is 0 Å². The maximum Gasteiger partial charge on any atom is 0.252 e. The van der Waals surface area contributed by atoms with Crippen LogP contribution in [0.2, 0.25) is 0 Å². The number of allylic oxidation sites excluding steroid dienone is 1. The Kier molecular flexibility index (Phi) is 6.26. The highest BCUT2D eigenvalue weighted by atomic mass is 16.5. The zero-order valence-corrected chi connectivity index (χ0v) is 24.7. The van der Waals surface area contributed by atoms with Crippen LogP contribution in [0.1, 0.15) is 25.8 Å². The van der Waals surface area contributed by atoms with Gasteiger partial charge >= 0.3 is 0 Å². The zero-order valence-electron chi connectivity index (χ0n) is 24.7. The molecule has 2 saturated heterocycles. The number of ether oxygens (including phenoxy) is 1. The molecule has 5 aromatic rings. The van der Waals surface area contributed by atoms with E-state index >= 15 is 0 Å². The molecule has 11 heteroatoms. The van der Waals surface area contributed by atoms with Crippen LogP contribution >= 0.6 is 0 Å². The average molecular weight is 579 g/mol. The number of likely N-dealkylation sites (tertiary alicyclic amines) is 1. The number of aromatic nitrogens is 5. The Morgan fingerprint density at radius 1 is 1.07 bits per heavy atom. The molecule has 2 N–H and O–H groups in total. The smallest absolute Gasteiger partial charge is 0.252 e. The van der Waals surface area contributed by atoms with E-state index in [0.29, 0.717) is 24.5 Å². The van der Waals surface area contributed by atoms with E-state index in [1.54, 1.807) is 26.5 Å². The molecular weight excluding hydrogens is 544 g/mol. The molecule has 2 aliphatic heterocycles. The van der Waals surface area contributed by atoms with E-state index in [0.717, 1.165) is 64.5 Å². The number of fused-ring (bicyclic) bond motifs is 2. The predicted octanol–water partition coefficient (Wildman–Crippen LogP) is 5.35. The first kappa shape index (κ1) is 26.8. The summed E-state index contributed by atoms with van der Waals surface area (Å²) >= 11 is 0. The summed E-state index contributed by atoms with van der Waals surface area (Å²) in [4.78, 5) is 26.0. The molecule has 3 aromatic heterocycles. The molecule has 2 aliphatic rings. The van der Waals surface area contributed by atoms with E-state index < -0.39 is 0 Å². The Bertz CT molecular complexity index is 1910. The van der Waals surface area contributed by atoms with Crippen LogP contribution in [0.25, 0.3) is 16.6 Å². The van der Waals surface area contributed by atoms with Gasteiger partial charge in [-0.1, -0.05) is 0 Å². The van der Waals surface area contributed by atoms with Crippen LogP contribution in [-0.2, 0) is 11.8 Å². The number of aliphatic hydroxyl groups excluding tert-OH is 1. The molecule has 0 unspecified atom stereocenters. The van der Waals surface area contributed by atoms with Crippen molar-refractivity contribution < 1.29 is 14.6 Å². The van der Waals surface area contributed by atoms with E-state index in [1.165, 1.54) is 0 Å². The van der Waals surface area contributed by atoms with Crippen molar-refractivity contribution in [1.29, 1.82) is 0 Å². The maximum absolute atomic E-state index is 12.8. The Morgan fingerprint density at radius 3 is 2.70 bits per heavy atom. The third kappa shape index (κ3) is 4.70. The molecule has 0 saturated carbocycles. The van der Waals surface area contributed by atoms with E-state index in [2.05, 4.69) is 31.3 Å². The van der Waals surface area contributed by atoms with Gasteiger partial charge in [-0.3, -0.25) is 4.79 Å². The van der Waals surface area contributed by atoms with Gasteiger partial charge in [0.2, 0.25) is 0 Å². The van der Waals surface area contributed by atoms with Crippen LogP contribution in [0, 0.1) is 12.3 Å². The molecule has 5 heterocycles. The van der Waals surface area contributed by atoms with Crippen LogP contribution in [0.15, 0.2) is 72.6 Å². The Hall–Kier alpha value is -5.06. The topological polar surface area (TPSA) is 113 Å². The Morgan fingerprint density at radius 2 is 1.91 bits per heavy atom. The van der Waals surface area contributed by atoms with Gasteiger partial charge in [-0.15, -0.1) is 0 Å². The molecule has 11 nitrogen and oxygen atoms in total. The lowest BCUT2D eigenvalue weighted by atomic mass is 9.79. The first-order valence-electron chi connectivity index (χ1n) is 14.4. The number of carbonyl (C=O) groups excluding carboxylic acids is 1. The van der Waals surface area contributed by atoms with Crippen molar-refractivity contribution in [2.24, 2.45) is 12.5 Å². The van der Waals surface area contributed by atoms with Gasteiger partial charge < -0.3 is 29.5 Å². The van der Waals surface area contributed by atoms with Crippen LogP contribution in [0.4, 0.5) is 17.2 Å². The van der Waals surface area contributed by atoms with Gasteiger partial charge in [0, 0.05) is 56.6 Å². The molecule has 0 aliphatic carbocycles. The van der Waals surface area contributed by atoms with Gasteiger partial charge in [0.15, 0.2) is 5.82 Å². The monoisotopic (exact) mass is 578 g/mol. The minimum Gasteiger partial charge on any atom is -0.512 e. The number of anilines is 3. The summed E-state index contributed by atoms with van der Waals surface area (Å²) in [5.41, 5.74) is 6.26. The van der Waals surface area contributed by atoms with Crippen LogP contribution in [0.5, 0.6) is 11.5 Å². The third-order valence-electron chi connectivity index (χ3n) is 8.78. The number of hydrogen-bond donors (Lipinski definition) is 2. The maximum atomic E-state index is 12.8. The van der Waals surface area contributed by atoms with Crippen molar-refractivity contribution in [1.82, 2.24) is 29.0 Å². The van der Waals surface area contributed by atoms with Crippen molar-refractivity contribution in [2.75, 3.05) is 36.4 Å². The van der Waals surface area contributed by atoms with Crippen molar-refractivity contribution in [3.63, 3.8) is 0 Å². The normalized spacial score (nSPS) is 16.6. The highest BCUT2D eigenvalue weighted by Crippen LogP contribution is 2.44. The average Bonchev–Trinajstić information content (AvgIpc) is 3.70. The first-order chi connectivity index (χ1) is 20.7. The molecular formula is C32H34N8O3. The van der Waals surface area contributed by atoms with Gasteiger partial charge in [-0.05, 0) is 69.2 Å². The van der Waals surface area contributed by atoms with E-state index in [9.17, 15) is 9.90 Å². The van der Waals surface area contributed by atoms with Gasteiger partial charge in [-0.25, -0.2) is 14.5 Å². The highest BCUT2D eigenvalue weighted by Gasteiger charge is 2.49. The molecule has 43 heavy (non-hydrogen) atoms. The molecule has 2 fully saturated rings. The number of aliphatic hydroxyl groups is 1. The SMILES string of the molecule is C/C(O)=C(\C)C(=O)N1CCC2(C1)CN(c1ccn3ncnc(Nc4ccc(Oc5ccc6c(c5)ncn6C)c(C)c4)c13)C2. The quantitative estimate of drug-likeness (QED) is 0.205. The lowest BCUT2D eigenvalue weighted by Crippen LogP contribution is -2.58. The molecule has 1 amide bonds. The Labute approximate surface area is 249 Å². The van der Waals surface area contributed by atoms with Crippen molar-refractivity contribution in [3.05, 3.63) is 78.2 Å². The molecule has 7 rings (SSSR count). The number of imidazole rings is 1. The summed E-state index contributed by atoms with van der Waals surface area (Å²) in [5, 5.41) is 17.7. The van der Waals surface area contributed by atoms with E-state index in [4.69, 9.17) is 4.74 Å². The van der Waals surface area contributed by atoms with Gasteiger partial charge in [0.1, 0.15) is 23.3 Å². The number of nitrogens with one attached hydrogen (secondary N) is 1. The van der Waals surface area contributed by atoms with Crippen molar-refractivity contribution >= 4 is 39.6 Å². The Balaban J connectivity index is 1.07. The zero-order chi connectivity index (χ0) is 29.9. The van der Waals surface area contributed by atoms with Crippen molar-refractivity contribution in [3.8, 4) is 11.5 Å². The highest BCUT2D eigenvalue weighted by molar-refractivity contribution is 5.93. The number of hydrogen-bond acceptors (Lipinski definition) is 8. The number of rotatable bonds is 6. The minimum atomic E-state index is -0.0782. The summed E-state index contributed by atoms with van der Waals surface area (Å²) < 4.78 is 10.0. The van der Waals surface area contributed by atoms with Crippen LogP contribution in [-0.4, -0.2) is 66.2 Å². The second kappa shape index (κ2) is 10.0. The minimum absolute atomic E-state index is 0.0604. The number of carbonyl (C=O) groups is 1. The lowest BCUT2D eigenvalue weighted by Gasteiger charge is -2.49. The van der Waals surface area contributed by atoms with E-state index in [-0.39, 0.29) is 17.1 Å². The fraction of sp³-hybridized carbons (Fsp3) is 0.312. The fourth-order valence-electron chi connectivity index (χ4n) is 6.26. The summed E-state index contributed by atoms with van der Waals surface area (Å²) in [7, 11) is 1.97. The van der Waals surface area contributed by atoms with E-state index in [1.807, 2.05) is 70.5 Å². The molecule has 0 atom stereocenters. The second-order valence-corrected chi connectivity index (χ2v) is 11.9. The summed E-state index contributed by atoms with van der Waals surface area (Å²) in [6.45, 7) is 8.37. The summed E-state index contributed by atoms with van der Waals surface area (Å²) in [6, 6.07) is 14.0. The number of aryl methyl sites for hydroxylation is 2. The molecule has 0 radical (unpaired) electrons. The number of benzene rings is 2. The second-order valence-electron chi connectivity index (χ2n) is 11.9. The molecule has 0 bridgehead atoms. The first-order valence-corrected chi connectivity index (χ1v) is 14.4. The summed E-state index contributed by atoms with van der Waals surface area (Å²) in [5.74, 6) is 2.23. The number of nitrogens with zero attached hydrogens (tertiary/aromatic N) is 7. The standard InChI is InChI=1S/C32H34N8O3/c1-20-13-23(5-8-28(20)43-24-6-7-26-25(14-24)34-19-37(26)4)36-30-29-27(9-11-40(29)35-18-33-30)39-16-32(17-39)10-12-38(15-32)31(42)21(2)22(3)41/h5-9,11,13-14,18-19,41H,10,12,15-17H2,1-4H3,(H,33,35,36)/b22-21-. The molecule has 220 valence electrons. The van der Waals surface area contributed by atoms with Gasteiger partial charge in [0.25, 0.3) is 5.91 Å². The summed E-state index contributed by atoms with van der Waals surface area (Å²) in [6.07, 6.45) is 6.25. The molecule has 1 spiro atoms.